The smallest absolute Gasteiger partial charge is 0.267 e. The third-order valence-corrected chi connectivity index (χ3v) is 2.40. The van der Waals surface area contributed by atoms with Crippen LogP contribution in [0.2, 0.25) is 0 Å². The summed E-state index contributed by atoms with van der Waals surface area (Å²) in [5.41, 5.74) is 7.07. The first-order valence-electron chi connectivity index (χ1n) is 5.13. The van der Waals surface area contributed by atoms with Crippen LogP contribution in [0.3, 0.4) is 0 Å². The number of methoxy groups -OCH3 is 1. The highest BCUT2D eigenvalue weighted by Crippen LogP contribution is 2.23. The Hall–Kier alpha value is -2.30. The van der Waals surface area contributed by atoms with Gasteiger partial charge in [0.1, 0.15) is 17.1 Å². The Labute approximate surface area is 98.8 Å². The lowest BCUT2D eigenvalue weighted by molar-refractivity contribution is 0.0993. The second-order valence-corrected chi connectivity index (χ2v) is 3.62. The Balaban J connectivity index is 2.63. The molecule has 1 amide bonds. The zero-order valence-electron chi connectivity index (χ0n) is 9.68. The van der Waals surface area contributed by atoms with Gasteiger partial charge in [0, 0.05) is 0 Å². The number of ether oxygens (including phenoxy) is 1. The Morgan fingerprint density at radius 1 is 1.41 bits per heavy atom. The molecular formula is C12H13N3O2. The van der Waals surface area contributed by atoms with E-state index in [1.54, 1.807) is 26.2 Å². The van der Waals surface area contributed by atoms with E-state index in [1.165, 1.54) is 4.68 Å². The van der Waals surface area contributed by atoms with Crippen molar-refractivity contribution < 1.29 is 9.53 Å². The van der Waals surface area contributed by atoms with Gasteiger partial charge in [-0.25, -0.2) is 4.68 Å². The molecule has 1 aromatic carbocycles. The molecule has 0 radical (unpaired) electrons. The minimum Gasteiger partial charge on any atom is -0.494 e. The molecule has 0 bridgehead atoms. The van der Waals surface area contributed by atoms with E-state index in [4.69, 9.17) is 10.5 Å². The molecule has 2 rings (SSSR count). The molecular weight excluding hydrogens is 218 g/mol. The van der Waals surface area contributed by atoms with Crippen molar-refractivity contribution in [2.75, 3.05) is 7.11 Å². The minimum absolute atomic E-state index is 0.340. The summed E-state index contributed by atoms with van der Waals surface area (Å²) in [5.74, 6) is 0.120. The third-order valence-electron chi connectivity index (χ3n) is 2.40. The van der Waals surface area contributed by atoms with Crippen molar-refractivity contribution in [3.05, 3.63) is 41.7 Å². The number of nitrogens with zero attached hydrogens (tertiary/aromatic N) is 2. The van der Waals surface area contributed by atoms with Gasteiger partial charge in [-0.05, 0) is 25.1 Å². The summed E-state index contributed by atoms with van der Waals surface area (Å²) in [5, 5.41) is 4.25. The molecule has 2 N–H and O–H groups in total. The Bertz CT molecular complexity index is 561. The normalized spacial score (nSPS) is 10.2. The molecule has 5 nitrogen and oxygen atoms in total. The van der Waals surface area contributed by atoms with Crippen LogP contribution in [0.4, 0.5) is 0 Å². The van der Waals surface area contributed by atoms with Gasteiger partial charge in [-0.15, -0.1) is 0 Å². The molecule has 0 aliphatic heterocycles. The number of carbonyl (C=O) groups is 1. The average Bonchev–Trinajstić information content (AvgIpc) is 2.71. The molecule has 1 aromatic heterocycles. The molecule has 0 fully saturated rings. The molecule has 0 spiro atoms. The number of nitrogens with two attached hydrogens (primary N) is 1. The van der Waals surface area contributed by atoms with Gasteiger partial charge in [0.25, 0.3) is 5.91 Å². The highest BCUT2D eigenvalue weighted by molar-refractivity contribution is 5.91. The Morgan fingerprint density at radius 3 is 2.76 bits per heavy atom. The largest absolute Gasteiger partial charge is 0.494 e. The lowest BCUT2D eigenvalue weighted by Crippen LogP contribution is -2.17. The molecule has 0 saturated carbocycles. The van der Waals surface area contributed by atoms with Gasteiger partial charge >= 0.3 is 0 Å². The van der Waals surface area contributed by atoms with Crippen LogP contribution in [0.25, 0.3) is 5.69 Å². The highest BCUT2D eigenvalue weighted by atomic mass is 16.5. The zero-order chi connectivity index (χ0) is 12.4. The van der Waals surface area contributed by atoms with Crippen molar-refractivity contribution in [2.24, 2.45) is 5.73 Å². The number of primary amides is 1. The second kappa shape index (κ2) is 4.29. The molecule has 0 aliphatic carbocycles. The van der Waals surface area contributed by atoms with Crippen LogP contribution < -0.4 is 10.5 Å². The molecule has 88 valence electrons. The Kier molecular flexibility index (Phi) is 2.82. The van der Waals surface area contributed by atoms with Gasteiger partial charge in [0.05, 0.1) is 12.8 Å². The van der Waals surface area contributed by atoms with Crippen LogP contribution >= 0.6 is 0 Å². The average molecular weight is 231 g/mol. The number of rotatable bonds is 3. The van der Waals surface area contributed by atoms with Gasteiger partial charge in [-0.2, -0.15) is 5.10 Å². The van der Waals surface area contributed by atoms with Crippen molar-refractivity contribution in [2.45, 2.75) is 6.92 Å². The van der Waals surface area contributed by atoms with Gasteiger partial charge in [-0.1, -0.05) is 12.1 Å². The summed E-state index contributed by atoms with van der Waals surface area (Å²) in [4.78, 5) is 11.3. The monoisotopic (exact) mass is 231 g/mol. The van der Waals surface area contributed by atoms with Crippen LogP contribution in [0.1, 0.15) is 16.2 Å². The lowest BCUT2D eigenvalue weighted by Gasteiger charge is -2.09. The fourth-order valence-electron chi connectivity index (χ4n) is 1.66. The Morgan fingerprint density at radius 2 is 2.12 bits per heavy atom. The van der Waals surface area contributed by atoms with E-state index in [2.05, 4.69) is 5.10 Å². The summed E-state index contributed by atoms with van der Waals surface area (Å²) >= 11 is 0. The molecule has 0 unspecified atom stereocenters. The zero-order valence-corrected chi connectivity index (χ0v) is 9.68. The molecule has 1 heterocycles. The maximum absolute atomic E-state index is 11.3. The molecule has 0 saturated heterocycles. The first kappa shape index (κ1) is 11.2. The third kappa shape index (κ3) is 1.99. The lowest BCUT2D eigenvalue weighted by atomic mass is 10.3. The van der Waals surface area contributed by atoms with Crippen LogP contribution in [-0.4, -0.2) is 22.8 Å². The van der Waals surface area contributed by atoms with E-state index < -0.39 is 5.91 Å². The minimum atomic E-state index is -0.517. The van der Waals surface area contributed by atoms with E-state index >= 15 is 0 Å². The number of benzene rings is 1. The van der Waals surface area contributed by atoms with Crippen molar-refractivity contribution in [1.29, 1.82) is 0 Å². The number of carbonyl (C=O) groups excluding carboxylic acids is 1. The van der Waals surface area contributed by atoms with Crippen molar-refractivity contribution in [3.63, 3.8) is 0 Å². The SMILES string of the molecule is COc1ccccc1-n1nc(C)cc1C(N)=O. The van der Waals surface area contributed by atoms with Gasteiger partial charge < -0.3 is 10.5 Å². The first-order chi connectivity index (χ1) is 8.13. The number of hydrogen-bond acceptors (Lipinski definition) is 3. The predicted molar refractivity (Wildman–Crippen MR) is 63.4 cm³/mol. The topological polar surface area (TPSA) is 70.1 Å². The molecule has 2 aromatic rings. The summed E-state index contributed by atoms with van der Waals surface area (Å²) in [6.07, 6.45) is 0. The highest BCUT2D eigenvalue weighted by Gasteiger charge is 2.14. The van der Waals surface area contributed by atoms with Crippen molar-refractivity contribution >= 4 is 5.91 Å². The predicted octanol–water partition coefficient (Wildman–Crippen LogP) is 1.29. The van der Waals surface area contributed by atoms with E-state index in [-0.39, 0.29) is 0 Å². The number of amides is 1. The van der Waals surface area contributed by atoms with Gasteiger partial charge in [0.2, 0.25) is 0 Å². The quantitative estimate of drug-likeness (QED) is 0.865. The number of hydrogen-bond donors (Lipinski definition) is 1. The van der Waals surface area contributed by atoms with E-state index in [0.29, 0.717) is 17.1 Å². The maximum Gasteiger partial charge on any atom is 0.267 e. The fraction of sp³-hybridized carbons (Fsp3) is 0.167. The maximum atomic E-state index is 11.3. The van der Waals surface area contributed by atoms with Crippen LogP contribution in [0, 0.1) is 6.92 Å². The van der Waals surface area contributed by atoms with Gasteiger partial charge in [-0.3, -0.25) is 4.79 Å². The summed E-state index contributed by atoms with van der Waals surface area (Å²) in [6, 6.07) is 8.96. The number of aromatic nitrogens is 2. The van der Waals surface area contributed by atoms with Crippen LogP contribution in [0.15, 0.2) is 30.3 Å². The summed E-state index contributed by atoms with van der Waals surface area (Å²) < 4.78 is 6.73. The van der Waals surface area contributed by atoms with Gasteiger partial charge in [0.15, 0.2) is 0 Å². The number of para-hydroxylation sites is 2. The van der Waals surface area contributed by atoms with E-state index in [9.17, 15) is 4.79 Å². The molecule has 5 heteroatoms. The second-order valence-electron chi connectivity index (χ2n) is 3.62. The fourth-order valence-corrected chi connectivity index (χ4v) is 1.66. The van der Waals surface area contributed by atoms with Crippen molar-refractivity contribution in [1.82, 2.24) is 9.78 Å². The molecule has 0 atom stereocenters. The molecule has 17 heavy (non-hydrogen) atoms. The number of aryl methyl sites for hydroxylation is 1. The van der Waals surface area contributed by atoms with E-state index in [0.717, 1.165) is 5.69 Å². The first-order valence-corrected chi connectivity index (χ1v) is 5.13. The summed E-state index contributed by atoms with van der Waals surface area (Å²) in [6.45, 7) is 1.80. The van der Waals surface area contributed by atoms with Crippen molar-refractivity contribution in [3.8, 4) is 11.4 Å². The molecule has 0 aliphatic rings. The standard InChI is InChI=1S/C12H13N3O2/c1-8-7-10(12(13)16)15(14-8)9-5-3-4-6-11(9)17-2/h3-7H,1-2H3,(H2,13,16). The summed E-state index contributed by atoms with van der Waals surface area (Å²) in [7, 11) is 1.57. The van der Waals surface area contributed by atoms with E-state index in [1.807, 2.05) is 18.2 Å². The van der Waals surface area contributed by atoms with Crippen LogP contribution in [-0.2, 0) is 0 Å². The van der Waals surface area contributed by atoms with Crippen LogP contribution in [0.5, 0.6) is 5.75 Å².